The molecule has 0 bridgehead atoms. The van der Waals surface area contributed by atoms with E-state index in [1.165, 1.54) is 8.60 Å². The maximum Gasteiger partial charge on any atom is -1.00 e. The number of hydrogen-bond acceptors (Lipinski definition) is 1. The van der Waals surface area contributed by atoms with Crippen molar-refractivity contribution < 1.29 is 52.0 Å². The maximum atomic E-state index is 12.0. The molecule has 2 rings (SSSR count). The first-order valence-electron chi connectivity index (χ1n) is 4.49. The zero-order valence-electron chi connectivity index (χ0n) is 8.34. The van der Waals surface area contributed by atoms with Crippen LogP contribution >= 0.6 is 21.0 Å². The Bertz CT molecular complexity index is 402. The Balaban J connectivity index is 0.00000112. The van der Waals surface area contributed by atoms with Gasteiger partial charge in [0, 0.05) is 0 Å². The van der Waals surface area contributed by atoms with Gasteiger partial charge in [-0.3, -0.25) is 0 Å². The first-order chi connectivity index (χ1) is 6.75. The van der Waals surface area contributed by atoms with Crippen molar-refractivity contribution >= 4 is 21.0 Å². The summed E-state index contributed by atoms with van der Waals surface area (Å²) in [6.45, 7) is 0. The fourth-order valence-electron chi connectivity index (χ4n) is 1.42. The summed E-state index contributed by atoms with van der Waals surface area (Å²) in [7, 11) is 0. The summed E-state index contributed by atoms with van der Waals surface area (Å²) in [6, 6.07) is 0. The first kappa shape index (κ1) is 17.1. The zero-order valence-corrected chi connectivity index (χ0v) is 14.9. The maximum absolute atomic E-state index is 12.0. The minimum atomic E-state index is -1.39. The molecule has 1 atom stereocenters. The molecule has 0 N–H and O–H groups in total. The average molecular weight is 419 g/mol. The van der Waals surface area contributed by atoms with Crippen molar-refractivity contribution in [2.75, 3.05) is 0 Å². The third kappa shape index (κ3) is 4.79. The van der Waals surface area contributed by atoms with Gasteiger partial charge in [-0.1, -0.05) is 0 Å². The summed E-state index contributed by atoms with van der Waals surface area (Å²) in [4.78, 5) is 0. The summed E-state index contributed by atoms with van der Waals surface area (Å²) in [5.41, 5.74) is 0. The molecular formula is C10H10BrCl2OPZr. The Morgan fingerprint density at radius 1 is 1.31 bits per heavy atom. The van der Waals surface area contributed by atoms with Crippen molar-refractivity contribution in [2.24, 2.45) is 0 Å². The summed E-state index contributed by atoms with van der Waals surface area (Å²) < 4.78 is 14.6. The van der Waals surface area contributed by atoms with Gasteiger partial charge in [-0.15, -0.1) is 0 Å². The predicted molar refractivity (Wildman–Crippen MR) is 60.6 cm³/mol. The summed E-state index contributed by atoms with van der Waals surface area (Å²) in [5.74, 6) is 0. The molecule has 0 aliphatic heterocycles. The number of halogens is 3. The monoisotopic (exact) mass is 416 g/mol. The van der Waals surface area contributed by atoms with Gasteiger partial charge in [0.15, 0.2) is 0 Å². The normalized spacial score (nSPS) is 18.7. The van der Waals surface area contributed by atoms with Crippen LogP contribution in [0.15, 0.2) is 43.5 Å². The molecule has 1 unspecified atom stereocenters. The van der Waals surface area contributed by atoms with Gasteiger partial charge in [0.2, 0.25) is 0 Å². The van der Waals surface area contributed by atoms with E-state index < -0.39 is 27.7 Å². The van der Waals surface area contributed by atoms with E-state index in [0.717, 1.165) is 17.3 Å². The van der Waals surface area contributed by atoms with Gasteiger partial charge in [-0.2, -0.15) is 0 Å². The molecule has 1 nitrogen and oxygen atoms in total. The second kappa shape index (κ2) is 8.27. The SMILES string of the molecule is O=[PH]([Zr+2][C]1=CC=CC1)C1=CC(Br)=CC1.[Cl-].[Cl-]. The van der Waals surface area contributed by atoms with E-state index in [-0.39, 0.29) is 24.8 Å². The zero-order chi connectivity index (χ0) is 9.97. The number of hydrogen-bond donors (Lipinski definition) is 0. The van der Waals surface area contributed by atoms with Crippen molar-refractivity contribution in [3.05, 3.63) is 43.5 Å². The smallest absolute Gasteiger partial charge is 1.00 e. The van der Waals surface area contributed by atoms with Crippen molar-refractivity contribution in [3.8, 4) is 0 Å². The minimum Gasteiger partial charge on any atom is -1.00 e. The molecular weight excluding hydrogens is 409 g/mol. The van der Waals surface area contributed by atoms with Crippen LogP contribution in [-0.2, 0) is 27.2 Å². The van der Waals surface area contributed by atoms with Crippen molar-refractivity contribution in [1.82, 2.24) is 0 Å². The third-order valence-electron chi connectivity index (χ3n) is 2.17. The third-order valence-corrected chi connectivity index (χ3v) is 11.5. The molecule has 0 spiro atoms. The van der Waals surface area contributed by atoms with Gasteiger partial charge in [-0.05, 0) is 0 Å². The number of allylic oxidation sites excluding steroid dienone is 8. The van der Waals surface area contributed by atoms with Crippen LogP contribution in [0, 0.1) is 0 Å². The first-order valence-corrected chi connectivity index (χ1v) is 11.6. The molecule has 0 fully saturated rings. The van der Waals surface area contributed by atoms with Crippen LogP contribution in [0.25, 0.3) is 0 Å². The molecule has 0 heterocycles. The van der Waals surface area contributed by atoms with Gasteiger partial charge in [0.25, 0.3) is 0 Å². The molecule has 0 aromatic carbocycles. The quantitative estimate of drug-likeness (QED) is 0.483. The molecule has 2 aliphatic carbocycles. The van der Waals surface area contributed by atoms with E-state index in [1.807, 2.05) is 6.08 Å². The second-order valence-electron chi connectivity index (χ2n) is 3.24. The predicted octanol–water partition coefficient (Wildman–Crippen LogP) is -2.04. The van der Waals surface area contributed by atoms with E-state index >= 15 is 0 Å². The van der Waals surface area contributed by atoms with Crippen LogP contribution in [0.1, 0.15) is 12.8 Å². The van der Waals surface area contributed by atoms with Gasteiger partial charge in [0.1, 0.15) is 0 Å². The molecule has 0 amide bonds. The summed E-state index contributed by atoms with van der Waals surface area (Å²) in [6.07, 6.45) is 12.5. The summed E-state index contributed by atoms with van der Waals surface area (Å²) >= 11 is 2.61. The summed E-state index contributed by atoms with van der Waals surface area (Å²) in [5, 5.41) is -0.210. The Kier molecular flexibility index (Phi) is 8.86. The fourth-order valence-corrected chi connectivity index (χ4v) is 9.79. The van der Waals surface area contributed by atoms with Crippen LogP contribution in [-0.4, -0.2) is 0 Å². The van der Waals surface area contributed by atoms with E-state index in [4.69, 9.17) is 0 Å². The van der Waals surface area contributed by atoms with Gasteiger partial charge in [-0.25, -0.2) is 0 Å². The van der Waals surface area contributed by atoms with Gasteiger partial charge in [0.05, 0.1) is 0 Å². The van der Waals surface area contributed by atoms with Crippen LogP contribution < -0.4 is 24.8 Å². The van der Waals surface area contributed by atoms with Crippen LogP contribution in [0.3, 0.4) is 0 Å². The topological polar surface area (TPSA) is 17.1 Å². The van der Waals surface area contributed by atoms with Gasteiger partial charge < -0.3 is 24.8 Å². The van der Waals surface area contributed by atoms with Crippen molar-refractivity contribution in [1.29, 1.82) is 0 Å². The average Bonchev–Trinajstić information content (AvgIpc) is 2.75. The second-order valence-corrected chi connectivity index (χ2v) is 12.5. The molecule has 0 aromatic heterocycles. The largest absolute Gasteiger partial charge is 1.00 e. The molecule has 0 aromatic rings. The Labute approximate surface area is 128 Å². The molecule has 0 saturated carbocycles. The van der Waals surface area contributed by atoms with E-state index in [2.05, 4.69) is 40.2 Å². The molecule has 0 saturated heterocycles. The molecule has 16 heavy (non-hydrogen) atoms. The van der Waals surface area contributed by atoms with Crippen LogP contribution in [0.2, 0.25) is 0 Å². The minimum absolute atomic E-state index is 0. The van der Waals surface area contributed by atoms with E-state index in [1.54, 1.807) is 0 Å². The van der Waals surface area contributed by atoms with E-state index in [9.17, 15) is 4.57 Å². The molecule has 6 heteroatoms. The molecule has 86 valence electrons. The Morgan fingerprint density at radius 3 is 2.56 bits per heavy atom. The van der Waals surface area contributed by atoms with Crippen molar-refractivity contribution in [2.45, 2.75) is 12.8 Å². The van der Waals surface area contributed by atoms with Gasteiger partial charge >= 0.3 is 105 Å². The fraction of sp³-hybridized carbons (Fsp3) is 0.200. The number of rotatable bonds is 3. The van der Waals surface area contributed by atoms with Crippen LogP contribution in [0.5, 0.6) is 0 Å². The Hall–Kier alpha value is 1.13. The standard InChI is InChI=1S/C5H4BrOP.C5H5.2ClH.Zr/c6-4-1-2-5(3-4)8-7;1-2-4-5-3-1;;;/h1,3H,2H2;1-3H,4H2;2*1H;/q;;;;+1/p-1. The molecule has 0 radical (unpaired) electrons. The van der Waals surface area contributed by atoms with Crippen LogP contribution in [0.4, 0.5) is 0 Å². The van der Waals surface area contributed by atoms with E-state index in [0.29, 0.717) is 0 Å². The Morgan fingerprint density at radius 2 is 2.06 bits per heavy atom. The van der Waals surface area contributed by atoms with Crippen molar-refractivity contribution in [3.63, 3.8) is 0 Å². The molecule has 2 aliphatic rings.